The van der Waals surface area contributed by atoms with Crippen LogP contribution in [0.5, 0.6) is 11.5 Å². The minimum absolute atomic E-state index is 0.177. The van der Waals surface area contributed by atoms with Gasteiger partial charge in [-0.25, -0.2) is 0 Å². The van der Waals surface area contributed by atoms with Gasteiger partial charge in [-0.15, -0.1) is 0 Å². The molecular formula is C30H26I2N2O4. The molecular weight excluding hydrogens is 706 g/mol. The molecule has 6 nitrogen and oxygen atoms in total. The van der Waals surface area contributed by atoms with Crippen molar-refractivity contribution in [1.29, 1.82) is 0 Å². The lowest BCUT2D eigenvalue weighted by molar-refractivity contribution is 0.101. The Morgan fingerprint density at radius 3 is 1.32 bits per heavy atom. The van der Waals surface area contributed by atoms with Gasteiger partial charge in [0.1, 0.15) is 11.5 Å². The molecule has 0 bridgehead atoms. The van der Waals surface area contributed by atoms with Crippen LogP contribution in [0.25, 0.3) is 11.1 Å². The van der Waals surface area contributed by atoms with E-state index in [1.165, 1.54) is 0 Å². The lowest BCUT2D eigenvalue weighted by atomic mass is 9.99. The van der Waals surface area contributed by atoms with Gasteiger partial charge in [-0.1, -0.05) is 12.1 Å². The van der Waals surface area contributed by atoms with Gasteiger partial charge in [-0.3, -0.25) is 9.59 Å². The van der Waals surface area contributed by atoms with Crippen LogP contribution in [0.15, 0.2) is 72.8 Å². The Morgan fingerprint density at radius 1 is 0.605 bits per heavy atom. The third kappa shape index (κ3) is 6.29. The van der Waals surface area contributed by atoms with E-state index in [-0.39, 0.29) is 11.8 Å². The Morgan fingerprint density at radius 2 is 1.00 bits per heavy atom. The van der Waals surface area contributed by atoms with Crippen LogP contribution in [0, 0.1) is 21.0 Å². The number of carbonyl (C=O) groups is 2. The van der Waals surface area contributed by atoms with Gasteiger partial charge in [-0.05, 0) is 142 Å². The Bertz CT molecular complexity index is 1420. The lowest BCUT2D eigenvalue weighted by Gasteiger charge is -2.14. The highest BCUT2D eigenvalue weighted by atomic mass is 127. The molecule has 0 radical (unpaired) electrons. The standard InChI is InChI=1S/C30H26I2N2O4/c1-17-13-19(5-9-25(17)33-29(35)21-7-11-27(37-3)23(31)15-21)20-6-10-26(18(2)14-20)34-30(36)22-8-12-28(38-4)24(32)16-22/h5-16H,1-4H3,(H,33,35)(H,34,36). The second-order valence-corrected chi connectivity index (χ2v) is 11.0. The number of amides is 2. The molecule has 0 spiro atoms. The van der Waals surface area contributed by atoms with Crippen LogP contribution in [0.4, 0.5) is 11.4 Å². The van der Waals surface area contributed by atoms with Gasteiger partial charge < -0.3 is 20.1 Å². The number of methoxy groups -OCH3 is 2. The van der Waals surface area contributed by atoms with E-state index < -0.39 is 0 Å². The Kier molecular flexibility index (Phi) is 8.93. The minimum atomic E-state index is -0.177. The number of aryl methyl sites for hydroxylation is 2. The summed E-state index contributed by atoms with van der Waals surface area (Å²) in [5.41, 5.74) is 6.56. The van der Waals surface area contributed by atoms with Gasteiger partial charge in [0.05, 0.1) is 21.4 Å². The predicted molar refractivity (Wildman–Crippen MR) is 169 cm³/mol. The van der Waals surface area contributed by atoms with Crippen molar-refractivity contribution in [3.8, 4) is 22.6 Å². The molecule has 0 aliphatic heterocycles. The van der Waals surface area contributed by atoms with Gasteiger partial charge >= 0.3 is 0 Å². The lowest BCUT2D eigenvalue weighted by Crippen LogP contribution is -2.13. The van der Waals surface area contributed by atoms with Gasteiger partial charge in [-0.2, -0.15) is 0 Å². The van der Waals surface area contributed by atoms with E-state index in [1.54, 1.807) is 50.6 Å². The van der Waals surface area contributed by atoms with E-state index >= 15 is 0 Å². The smallest absolute Gasteiger partial charge is 0.255 e. The molecule has 0 saturated carbocycles. The minimum Gasteiger partial charge on any atom is -0.496 e. The van der Waals surface area contributed by atoms with Crippen LogP contribution < -0.4 is 20.1 Å². The quantitative estimate of drug-likeness (QED) is 0.191. The molecule has 0 fully saturated rings. The van der Waals surface area contributed by atoms with E-state index in [9.17, 15) is 9.59 Å². The van der Waals surface area contributed by atoms with Crippen molar-refractivity contribution in [2.45, 2.75) is 13.8 Å². The summed E-state index contributed by atoms with van der Waals surface area (Å²) in [6.07, 6.45) is 0. The van der Waals surface area contributed by atoms with Crippen molar-refractivity contribution in [2.75, 3.05) is 24.9 Å². The molecule has 0 heterocycles. The van der Waals surface area contributed by atoms with E-state index in [0.717, 1.165) is 52.3 Å². The Balaban J connectivity index is 1.48. The van der Waals surface area contributed by atoms with E-state index in [0.29, 0.717) is 11.1 Å². The molecule has 8 heteroatoms. The first-order chi connectivity index (χ1) is 18.2. The summed E-state index contributed by atoms with van der Waals surface area (Å²) in [5.74, 6) is 1.12. The Labute approximate surface area is 249 Å². The fourth-order valence-corrected chi connectivity index (χ4v) is 5.44. The number of ether oxygens (including phenoxy) is 2. The molecule has 2 N–H and O–H groups in total. The molecule has 0 aliphatic carbocycles. The molecule has 194 valence electrons. The molecule has 4 aromatic rings. The average molecular weight is 732 g/mol. The highest BCUT2D eigenvalue weighted by Crippen LogP contribution is 2.29. The van der Waals surface area contributed by atoms with Crippen molar-refractivity contribution in [2.24, 2.45) is 0 Å². The van der Waals surface area contributed by atoms with Crippen molar-refractivity contribution in [3.05, 3.63) is 102 Å². The van der Waals surface area contributed by atoms with Crippen LogP contribution in [0.3, 0.4) is 0 Å². The van der Waals surface area contributed by atoms with Crippen molar-refractivity contribution in [1.82, 2.24) is 0 Å². The number of benzene rings is 4. The van der Waals surface area contributed by atoms with Gasteiger partial charge in [0.2, 0.25) is 0 Å². The van der Waals surface area contributed by atoms with Gasteiger partial charge in [0.15, 0.2) is 0 Å². The van der Waals surface area contributed by atoms with Gasteiger partial charge in [0, 0.05) is 22.5 Å². The molecule has 0 atom stereocenters. The molecule has 0 aromatic heterocycles. The summed E-state index contributed by atoms with van der Waals surface area (Å²) in [6, 6.07) is 22.5. The largest absolute Gasteiger partial charge is 0.496 e. The number of nitrogens with one attached hydrogen (secondary N) is 2. The number of carbonyl (C=O) groups excluding carboxylic acids is 2. The summed E-state index contributed by atoms with van der Waals surface area (Å²) in [6.45, 7) is 3.93. The molecule has 2 amide bonds. The number of hydrogen-bond donors (Lipinski definition) is 2. The van der Waals surface area contributed by atoms with Crippen molar-refractivity contribution >= 4 is 68.4 Å². The zero-order valence-electron chi connectivity index (χ0n) is 21.3. The summed E-state index contributed by atoms with van der Waals surface area (Å²) in [5, 5.41) is 6.00. The van der Waals surface area contributed by atoms with E-state index in [2.05, 4.69) is 55.8 Å². The normalized spacial score (nSPS) is 10.6. The van der Waals surface area contributed by atoms with Crippen molar-refractivity contribution in [3.63, 3.8) is 0 Å². The molecule has 0 saturated heterocycles. The van der Waals surface area contributed by atoms with Gasteiger partial charge in [0.25, 0.3) is 11.8 Å². The number of hydrogen-bond acceptors (Lipinski definition) is 4. The fourth-order valence-electron chi connectivity index (χ4n) is 3.97. The zero-order valence-corrected chi connectivity index (χ0v) is 25.6. The van der Waals surface area contributed by atoms with Crippen molar-refractivity contribution < 1.29 is 19.1 Å². The maximum absolute atomic E-state index is 12.8. The highest BCUT2D eigenvalue weighted by Gasteiger charge is 2.13. The van der Waals surface area contributed by atoms with Crippen LogP contribution in [-0.2, 0) is 0 Å². The topological polar surface area (TPSA) is 76.7 Å². The molecule has 4 rings (SSSR count). The highest BCUT2D eigenvalue weighted by molar-refractivity contribution is 14.1. The summed E-state index contributed by atoms with van der Waals surface area (Å²) in [7, 11) is 3.21. The van der Waals surface area contributed by atoms with E-state index in [1.807, 2.05) is 50.2 Å². The predicted octanol–water partition coefficient (Wildman–Crippen LogP) is 7.70. The fraction of sp³-hybridized carbons (Fsp3) is 0.133. The Hall–Kier alpha value is -3.12. The number of anilines is 2. The first-order valence-electron chi connectivity index (χ1n) is 11.7. The molecule has 0 aliphatic rings. The number of rotatable bonds is 7. The number of halogens is 2. The third-order valence-electron chi connectivity index (χ3n) is 6.11. The summed E-state index contributed by atoms with van der Waals surface area (Å²) in [4.78, 5) is 25.6. The second kappa shape index (κ2) is 12.2. The SMILES string of the molecule is COc1ccc(C(=O)Nc2ccc(-c3ccc(NC(=O)c4ccc(OC)c(I)c4)c(C)c3)cc2C)cc1I. The first-order valence-corrected chi connectivity index (χ1v) is 13.9. The molecule has 38 heavy (non-hydrogen) atoms. The second-order valence-electron chi connectivity index (χ2n) is 8.67. The molecule has 4 aromatic carbocycles. The average Bonchev–Trinajstić information content (AvgIpc) is 2.90. The summed E-state index contributed by atoms with van der Waals surface area (Å²) < 4.78 is 12.3. The monoisotopic (exact) mass is 732 g/mol. The maximum atomic E-state index is 12.8. The molecule has 0 unspecified atom stereocenters. The van der Waals surface area contributed by atoms with Crippen LogP contribution in [0.2, 0.25) is 0 Å². The van der Waals surface area contributed by atoms with Crippen LogP contribution in [0.1, 0.15) is 31.8 Å². The maximum Gasteiger partial charge on any atom is 0.255 e. The van der Waals surface area contributed by atoms with Crippen LogP contribution >= 0.6 is 45.2 Å². The third-order valence-corrected chi connectivity index (χ3v) is 7.80. The first kappa shape index (κ1) is 27.9. The van der Waals surface area contributed by atoms with Crippen LogP contribution in [-0.4, -0.2) is 26.0 Å². The van der Waals surface area contributed by atoms with E-state index in [4.69, 9.17) is 9.47 Å². The zero-order chi connectivity index (χ0) is 27.4. The summed E-state index contributed by atoms with van der Waals surface area (Å²) >= 11 is 4.31.